The van der Waals surface area contributed by atoms with E-state index in [-0.39, 0.29) is 23.9 Å². The molecule has 0 spiro atoms. The Balaban J connectivity index is 2.56. The first-order valence-electron chi connectivity index (χ1n) is 5.45. The lowest BCUT2D eigenvalue weighted by Gasteiger charge is -2.19. The van der Waals surface area contributed by atoms with Crippen LogP contribution in [0.25, 0.3) is 0 Å². The third kappa shape index (κ3) is 3.97. The molecule has 0 aliphatic carbocycles. The van der Waals surface area contributed by atoms with E-state index in [2.05, 4.69) is 15.3 Å². The fraction of sp³-hybridized carbons (Fsp3) is 0.545. The van der Waals surface area contributed by atoms with Gasteiger partial charge in [-0.3, -0.25) is 4.79 Å². The van der Waals surface area contributed by atoms with Crippen molar-refractivity contribution in [2.45, 2.75) is 26.8 Å². The predicted molar refractivity (Wildman–Crippen MR) is 60.9 cm³/mol. The van der Waals surface area contributed by atoms with Gasteiger partial charge in [0.25, 0.3) is 0 Å². The molecule has 0 aromatic carbocycles. The molecule has 0 saturated carbocycles. The third-order valence-electron chi connectivity index (χ3n) is 2.39. The van der Waals surface area contributed by atoms with Gasteiger partial charge in [-0.15, -0.1) is 0 Å². The second kappa shape index (κ2) is 6.12. The maximum absolute atomic E-state index is 12.6. The van der Waals surface area contributed by atoms with Crippen molar-refractivity contribution in [3.05, 3.63) is 18.2 Å². The van der Waals surface area contributed by atoms with Crippen LogP contribution in [0.2, 0.25) is 0 Å². The maximum Gasteiger partial charge on any atom is 0.310 e. The van der Waals surface area contributed by atoms with Crippen molar-refractivity contribution in [2.75, 3.05) is 11.9 Å². The second-order valence-corrected chi connectivity index (χ2v) is 3.70. The van der Waals surface area contributed by atoms with Gasteiger partial charge in [-0.2, -0.15) is 0 Å². The number of halogens is 1. The summed E-state index contributed by atoms with van der Waals surface area (Å²) in [6, 6.07) is -0.195. The summed E-state index contributed by atoms with van der Waals surface area (Å²) in [4.78, 5) is 19.0. The SMILES string of the molecule is CCOC(=O)[C@H](C)[C@@H](C)Nc1ncc(F)cn1. The zero-order valence-corrected chi connectivity index (χ0v) is 10.1. The highest BCUT2D eigenvalue weighted by Crippen LogP contribution is 2.10. The van der Waals surface area contributed by atoms with Gasteiger partial charge in [-0.05, 0) is 20.8 Å². The van der Waals surface area contributed by atoms with Gasteiger partial charge in [0, 0.05) is 6.04 Å². The molecule has 0 unspecified atom stereocenters. The van der Waals surface area contributed by atoms with Crippen LogP contribution >= 0.6 is 0 Å². The average Bonchev–Trinajstić information content (AvgIpc) is 2.31. The summed E-state index contributed by atoms with van der Waals surface area (Å²) in [5.74, 6) is -0.824. The molecule has 17 heavy (non-hydrogen) atoms. The molecule has 0 amide bonds. The topological polar surface area (TPSA) is 64.1 Å². The minimum Gasteiger partial charge on any atom is -0.466 e. The minimum absolute atomic E-state index is 0.195. The lowest BCUT2D eigenvalue weighted by Crippen LogP contribution is -2.31. The molecule has 1 rings (SSSR count). The largest absolute Gasteiger partial charge is 0.466 e. The minimum atomic E-state index is -0.498. The summed E-state index contributed by atoms with van der Waals surface area (Å²) in [7, 11) is 0. The number of ether oxygens (including phenoxy) is 1. The monoisotopic (exact) mass is 241 g/mol. The van der Waals surface area contributed by atoms with Crippen LogP contribution in [0.4, 0.5) is 10.3 Å². The van der Waals surface area contributed by atoms with Crippen molar-refractivity contribution in [1.29, 1.82) is 0 Å². The molecule has 1 aromatic heterocycles. The fourth-order valence-electron chi connectivity index (χ4n) is 1.19. The number of aromatic nitrogens is 2. The van der Waals surface area contributed by atoms with E-state index in [1.165, 1.54) is 0 Å². The highest BCUT2D eigenvalue weighted by molar-refractivity contribution is 5.73. The van der Waals surface area contributed by atoms with E-state index >= 15 is 0 Å². The van der Waals surface area contributed by atoms with Crippen molar-refractivity contribution < 1.29 is 13.9 Å². The molecular weight excluding hydrogens is 225 g/mol. The van der Waals surface area contributed by atoms with E-state index in [9.17, 15) is 9.18 Å². The number of esters is 1. The number of carbonyl (C=O) groups excluding carboxylic acids is 1. The lowest BCUT2D eigenvalue weighted by atomic mass is 10.0. The summed E-state index contributed by atoms with van der Waals surface area (Å²) in [6.45, 7) is 5.67. The number of carbonyl (C=O) groups is 1. The van der Waals surface area contributed by atoms with Gasteiger partial charge in [0.2, 0.25) is 5.95 Å². The quantitative estimate of drug-likeness (QED) is 0.793. The molecule has 2 atom stereocenters. The van der Waals surface area contributed by atoms with Crippen molar-refractivity contribution in [2.24, 2.45) is 5.92 Å². The van der Waals surface area contributed by atoms with E-state index in [1.807, 2.05) is 6.92 Å². The standard InChI is InChI=1S/C11H16FN3O2/c1-4-17-10(16)7(2)8(3)15-11-13-5-9(12)6-14-11/h5-8H,4H2,1-3H3,(H,13,14,15)/t7-,8-/m1/s1. The number of rotatable bonds is 5. The van der Waals surface area contributed by atoms with Crippen LogP contribution in [0.5, 0.6) is 0 Å². The highest BCUT2D eigenvalue weighted by atomic mass is 19.1. The van der Waals surface area contributed by atoms with Crippen molar-refractivity contribution >= 4 is 11.9 Å². The Morgan fingerprint density at radius 2 is 2.06 bits per heavy atom. The summed E-state index contributed by atoms with van der Waals surface area (Å²) >= 11 is 0. The van der Waals surface area contributed by atoms with Crippen LogP contribution in [0.3, 0.4) is 0 Å². The zero-order chi connectivity index (χ0) is 12.8. The van der Waals surface area contributed by atoms with Crippen molar-refractivity contribution in [3.63, 3.8) is 0 Å². The van der Waals surface area contributed by atoms with Gasteiger partial charge >= 0.3 is 5.97 Å². The molecule has 1 aromatic rings. The van der Waals surface area contributed by atoms with Crippen LogP contribution < -0.4 is 5.32 Å². The Kier molecular flexibility index (Phi) is 4.81. The second-order valence-electron chi connectivity index (χ2n) is 3.70. The maximum atomic E-state index is 12.6. The first-order valence-corrected chi connectivity index (χ1v) is 5.45. The van der Waals surface area contributed by atoms with Gasteiger partial charge in [0.1, 0.15) is 0 Å². The number of hydrogen-bond acceptors (Lipinski definition) is 5. The Morgan fingerprint density at radius 3 is 2.59 bits per heavy atom. The summed E-state index contributed by atoms with van der Waals surface area (Å²) < 4.78 is 17.5. The lowest BCUT2D eigenvalue weighted by molar-refractivity contribution is -0.147. The van der Waals surface area contributed by atoms with Crippen LogP contribution in [0.15, 0.2) is 12.4 Å². The van der Waals surface area contributed by atoms with Gasteiger partial charge in [0.15, 0.2) is 5.82 Å². The van der Waals surface area contributed by atoms with E-state index < -0.39 is 5.82 Å². The predicted octanol–water partition coefficient (Wildman–Crippen LogP) is 1.62. The van der Waals surface area contributed by atoms with Gasteiger partial charge < -0.3 is 10.1 Å². The number of nitrogens with one attached hydrogen (secondary N) is 1. The molecule has 1 heterocycles. The van der Waals surface area contributed by atoms with Crippen molar-refractivity contribution in [3.8, 4) is 0 Å². The smallest absolute Gasteiger partial charge is 0.310 e. The molecule has 0 aliphatic rings. The average molecular weight is 241 g/mol. The molecule has 0 saturated heterocycles. The molecule has 6 heteroatoms. The molecular formula is C11H16FN3O2. The van der Waals surface area contributed by atoms with Crippen LogP contribution in [-0.4, -0.2) is 28.6 Å². The zero-order valence-electron chi connectivity index (χ0n) is 10.1. The Bertz CT molecular complexity index is 369. The van der Waals surface area contributed by atoms with Crippen LogP contribution in [0, 0.1) is 11.7 Å². The Hall–Kier alpha value is -1.72. The molecule has 1 N–H and O–H groups in total. The first kappa shape index (κ1) is 13.3. The molecule has 0 aliphatic heterocycles. The third-order valence-corrected chi connectivity index (χ3v) is 2.39. The van der Waals surface area contributed by atoms with E-state index in [0.717, 1.165) is 12.4 Å². The number of hydrogen-bond donors (Lipinski definition) is 1. The van der Waals surface area contributed by atoms with Crippen LogP contribution in [0.1, 0.15) is 20.8 Å². The van der Waals surface area contributed by atoms with Gasteiger partial charge in [-0.1, -0.05) is 0 Å². The highest BCUT2D eigenvalue weighted by Gasteiger charge is 2.21. The van der Waals surface area contributed by atoms with Gasteiger partial charge in [0.05, 0.1) is 24.9 Å². The fourth-order valence-corrected chi connectivity index (χ4v) is 1.19. The Labute approximate surface area is 99.4 Å². The molecule has 0 radical (unpaired) electrons. The number of nitrogens with zero attached hydrogens (tertiary/aromatic N) is 2. The Morgan fingerprint density at radius 1 is 1.47 bits per heavy atom. The molecule has 0 fully saturated rings. The van der Waals surface area contributed by atoms with E-state index in [1.54, 1.807) is 13.8 Å². The molecule has 0 bridgehead atoms. The van der Waals surface area contributed by atoms with Crippen LogP contribution in [-0.2, 0) is 9.53 Å². The molecule has 94 valence electrons. The summed E-state index contributed by atoms with van der Waals surface area (Å²) in [6.07, 6.45) is 2.13. The summed E-state index contributed by atoms with van der Waals surface area (Å²) in [5, 5.41) is 2.92. The number of anilines is 1. The van der Waals surface area contributed by atoms with Gasteiger partial charge in [-0.25, -0.2) is 14.4 Å². The normalized spacial score (nSPS) is 13.9. The summed E-state index contributed by atoms with van der Waals surface area (Å²) in [5.41, 5.74) is 0. The molecule has 5 nitrogen and oxygen atoms in total. The van der Waals surface area contributed by atoms with Crippen molar-refractivity contribution in [1.82, 2.24) is 9.97 Å². The van der Waals surface area contributed by atoms with E-state index in [4.69, 9.17) is 4.74 Å². The first-order chi connectivity index (χ1) is 8.04. The van der Waals surface area contributed by atoms with E-state index in [0.29, 0.717) is 6.61 Å².